The zero-order valence-corrected chi connectivity index (χ0v) is 11.6. The molecule has 0 aromatic heterocycles. The average Bonchev–Trinajstić information content (AvgIpc) is 3.07. The lowest BCUT2D eigenvalue weighted by atomic mass is 9.89. The first-order valence-electron chi connectivity index (χ1n) is 6.38. The first kappa shape index (κ1) is 15.2. The van der Waals surface area contributed by atoms with Gasteiger partial charge in [-0.25, -0.2) is 0 Å². The number of hydrogen-bond acceptors (Lipinski definition) is 3. The van der Waals surface area contributed by atoms with E-state index in [0.717, 1.165) is 32.4 Å². The minimum Gasteiger partial charge on any atom is -0.354 e. The molecule has 0 radical (unpaired) electrons. The van der Waals surface area contributed by atoms with Crippen LogP contribution in [-0.4, -0.2) is 38.0 Å². The van der Waals surface area contributed by atoms with Gasteiger partial charge in [0.2, 0.25) is 11.8 Å². The smallest absolute Gasteiger partial charge is 0.227 e. The Hall–Kier alpha value is -0.810. The molecular formula is C12H22ClN3O2. The zero-order chi connectivity index (χ0) is 12.3. The van der Waals surface area contributed by atoms with Gasteiger partial charge in [-0.05, 0) is 32.7 Å². The Bertz CT molecular complexity index is 312. The molecule has 2 fully saturated rings. The van der Waals surface area contributed by atoms with Gasteiger partial charge in [-0.3, -0.25) is 9.59 Å². The Balaban J connectivity index is 0.00000162. The fraction of sp³-hybridized carbons (Fsp3) is 0.833. The average molecular weight is 276 g/mol. The van der Waals surface area contributed by atoms with Crippen molar-refractivity contribution in [1.82, 2.24) is 16.0 Å². The predicted octanol–water partition coefficient (Wildman–Crippen LogP) is 0.0502. The van der Waals surface area contributed by atoms with Crippen molar-refractivity contribution in [3.63, 3.8) is 0 Å². The van der Waals surface area contributed by atoms with Gasteiger partial charge in [0.05, 0.1) is 5.41 Å². The zero-order valence-electron chi connectivity index (χ0n) is 10.8. The minimum absolute atomic E-state index is 0. The summed E-state index contributed by atoms with van der Waals surface area (Å²) in [4.78, 5) is 23.2. The van der Waals surface area contributed by atoms with Gasteiger partial charge in [0.1, 0.15) is 0 Å². The van der Waals surface area contributed by atoms with Crippen LogP contribution in [0.3, 0.4) is 0 Å². The van der Waals surface area contributed by atoms with Crippen LogP contribution in [0.2, 0.25) is 0 Å². The summed E-state index contributed by atoms with van der Waals surface area (Å²) >= 11 is 0. The topological polar surface area (TPSA) is 70.2 Å². The van der Waals surface area contributed by atoms with Gasteiger partial charge in [0.25, 0.3) is 0 Å². The van der Waals surface area contributed by atoms with Gasteiger partial charge in [0, 0.05) is 25.6 Å². The van der Waals surface area contributed by atoms with Crippen LogP contribution >= 0.6 is 12.4 Å². The summed E-state index contributed by atoms with van der Waals surface area (Å²) in [6, 6.07) is 0. The number of amides is 2. The van der Waals surface area contributed by atoms with Crippen molar-refractivity contribution in [3.8, 4) is 0 Å². The van der Waals surface area contributed by atoms with E-state index in [1.165, 1.54) is 0 Å². The van der Waals surface area contributed by atoms with Crippen molar-refractivity contribution in [3.05, 3.63) is 0 Å². The number of carbonyl (C=O) groups excluding carboxylic acids is 2. The Morgan fingerprint density at radius 2 is 1.94 bits per heavy atom. The van der Waals surface area contributed by atoms with Crippen LogP contribution in [0, 0.1) is 11.3 Å². The summed E-state index contributed by atoms with van der Waals surface area (Å²) in [6.45, 7) is 4.68. The molecule has 0 aromatic carbocycles. The van der Waals surface area contributed by atoms with Crippen molar-refractivity contribution >= 4 is 24.2 Å². The molecule has 0 aromatic rings. The van der Waals surface area contributed by atoms with Crippen LogP contribution in [0.1, 0.15) is 26.2 Å². The van der Waals surface area contributed by atoms with Gasteiger partial charge in [0.15, 0.2) is 0 Å². The van der Waals surface area contributed by atoms with Crippen molar-refractivity contribution in [1.29, 1.82) is 0 Å². The van der Waals surface area contributed by atoms with E-state index in [2.05, 4.69) is 16.0 Å². The quantitative estimate of drug-likeness (QED) is 0.621. The Kier molecular flexibility index (Phi) is 5.41. The van der Waals surface area contributed by atoms with E-state index >= 15 is 0 Å². The van der Waals surface area contributed by atoms with Gasteiger partial charge in [-0.15, -0.1) is 12.4 Å². The van der Waals surface area contributed by atoms with Crippen LogP contribution in [0.4, 0.5) is 0 Å². The van der Waals surface area contributed by atoms with Crippen LogP contribution in [0.25, 0.3) is 0 Å². The lowest BCUT2D eigenvalue weighted by Gasteiger charge is -2.21. The number of nitrogens with one attached hydrogen (secondary N) is 3. The maximum absolute atomic E-state index is 11.9. The van der Waals surface area contributed by atoms with E-state index in [1.807, 2.05) is 6.92 Å². The number of rotatable bonds is 5. The molecule has 2 aliphatic rings. The molecule has 2 amide bonds. The molecule has 1 unspecified atom stereocenters. The largest absolute Gasteiger partial charge is 0.354 e. The monoisotopic (exact) mass is 275 g/mol. The highest BCUT2D eigenvalue weighted by atomic mass is 35.5. The Morgan fingerprint density at radius 1 is 1.28 bits per heavy atom. The number of halogens is 1. The minimum atomic E-state index is -0.277. The second-order valence-electron chi connectivity index (χ2n) is 5.31. The van der Waals surface area contributed by atoms with Crippen molar-refractivity contribution in [2.75, 3.05) is 26.2 Å². The third kappa shape index (κ3) is 3.85. The van der Waals surface area contributed by atoms with Crippen LogP contribution in [0.15, 0.2) is 0 Å². The Labute approximate surface area is 114 Å². The highest BCUT2D eigenvalue weighted by Crippen LogP contribution is 2.28. The lowest BCUT2D eigenvalue weighted by Crippen LogP contribution is -2.43. The molecule has 1 saturated carbocycles. The molecule has 0 spiro atoms. The van der Waals surface area contributed by atoms with Gasteiger partial charge in [-0.1, -0.05) is 0 Å². The van der Waals surface area contributed by atoms with Crippen LogP contribution in [-0.2, 0) is 9.59 Å². The molecule has 18 heavy (non-hydrogen) atoms. The molecule has 1 heterocycles. The normalized spacial score (nSPS) is 26.3. The van der Waals surface area contributed by atoms with Crippen LogP contribution < -0.4 is 16.0 Å². The molecule has 3 N–H and O–H groups in total. The molecular weight excluding hydrogens is 254 g/mol. The highest BCUT2D eigenvalue weighted by Gasteiger charge is 2.36. The maximum atomic E-state index is 11.9. The number of hydrogen-bond donors (Lipinski definition) is 3. The molecule has 1 aliphatic carbocycles. The van der Waals surface area contributed by atoms with Crippen LogP contribution in [0.5, 0.6) is 0 Å². The van der Waals surface area contributed by atoms with E-state index in [0.29, 0.717) is 13.1 Å². The first-order chi connectivity index (χ1) is 8.12. The third-order valence-corrected chi connectivity index (χ3v) is 3.57. The van der Waals surface area contributed by atoms with Crippen molar-refractivity contribution < 1.29 is 9.59 Å². The predicted molar refractivity (Wildman–Crippen MR) is 71.6 cm³/mol. The third-order valence-electron chi connectivity index (χ3n) is 3.57. The molecule has 5 nitrogen and oxygen atoms in total. The van der Waals surface area contributed by atoms with E-state index in [1.54, 1.807) is 0 Å². The van der Waals surface area contributed by atoms with Crippen molar-refractivity contribution in [2.24, 2.45) is 11.3 Å². The fourth-order valence-corrected chi connectivity index (χ4v) is 2.08. The second kappa shape index (κ2) is 6.38. The molecule has 1 saturated heterocycles. The summed E-state index contributed by atoms with van der Waals surface area (Å²) in [6.07, 6.45) is 2.91. The lowest BCUT2D eigenvalue weighted by molar-refractivity contribution is -0.129. The van der Waals surface area contributed by atoms with E-state index in [-0.39, 0.29) is 35.6 Å². The molecule has 1 atom stereocenters. The van der Waals surface area contributed by atoms with Gasteiger partial charge < -0.3 is 16.0 Å². The van der Waals surface area contributed by atoms with Gasteiger partial charge in [-0.2, -0.15) is 0 Å². The number of carbonyl (C=O) groups is 2. The van der Waals surface area contributed by atoms with Gasteiger partial charge >= 0.3 is 0 Å². The molecule has 104 valence electrons. The second-order valence-corrected chi connectivity index (χ2v) is 5.31. The molecule has 2 rings (SSSR count). The fourth-order valence-electron chi connectivity index (χ4n) is 2.08. The Morgan fingerprint density at radius 3 is 2.50 bits per heavy atom. The standard InChI is InChI=1S/C12H21N3O2.ClH/c1-12(4-5-13-8-12)11(17)15-7-6-14-10(16)9-2-3-9;/h9,13H,2-8H2,1H3,(H,14,16)(H,15,17);1H. The maximum Gasteiger partial charge on any atom is 0.227 e. The summed E-state index contributed by atoms with van der Waals surface area (Å²) in [5, 5.41) is 8.91. The summed E-state index contributed by atoms with van der Waals surface area (Å²) in [5.41, 5.74) is -0.277. The SMILES string of the molecule is CC1(C(=O)NCCNC(=O)C2CC2)CCNC1.Cl. The molecule has 6 heteroatoms. The van der Waals surface area contributed by atoms with E-state index < -0.39 is 0 Å². The van der Waals surface area contributed by atoms with E-state index in [4.69, 9.17) is 0 Å². The van der Waals surface area contributed by atoms with Crippen molar-refractivity contribution in [2.45, 2.75) is 26.2 Å². The summed E-state index contributed by atoms with van der Waals surface area (Å²) < 4.78 is 0. The molecule has 1 aliphatic heterocycles. The summed E-state index contributed by atoms with van der Waals surface area (Å²) in [5.74, 6) is 0.457. The first-order valence-corrected chi connectivity index (χ1v) is 6.38. The molecule has 0 bridgehead atoms. The highest BCUT2D eigenvalue weighted by molar-refractivity contribution is 5.85. The van der Waals surface area contributed by atoms with E-state index in [9.17, 15) is 9.59 Å². The summed E-state index contributed by atoms with van der Waals surface area (Å²) in [7, 11) is 0.